The van der Waals surface area contributed by atoms with Crippen molar-refractivity contribution in [3.8, 4) is 0 Å². The number of halogens is 1. The molecule has 2 aromatic rings. The van der Waals surface area contributed by atoms with Crippen molar-refractivity contribution in [2.24, 2.45) is 0 Å². The van der Waals surface area contributed by atoms with Crippen LogP contribution in [0.1, 0.15) is 28.7 Å². The Morgan fingerprint density at radius 2 is 1.69 bits per heavy atom. The fraction of sp³-hybridized carbons (Fsp3) is 0.333. The second-order valence-electron chi connectivity index (χ2n) is 6.87. The molecule has 0 aromatic heterocycles. The zero-order valence-electron chi connectivity index (χ0n) is 16.8. The molecule has 0 aliphatic heterocycles. The van der Waals surface area contributed by atoms with Crippen molar-refractivity contribution in [3.63, 3.8) is 0 Å². The van der Waals surface area contributed by atoms with Gasteiger partial charge in [-0.1, -0.05) is 22.0 Å². The number of esters is 1. The molecule has 0 bridgehead atoms. The number of aryl methyl sites for hydroxylation is 2. The maximum atomic E-state index is 12.4. The average Bonchev–Trinajstić information content (AvgIpc) is 2.67. The predicted molar refractivity (Wildman–Crippen MR) is 116 cm³/mol. The summed E-state index contributed by atoms with van der Waals surface area (Å²) in [6.07, 6.45) is -0.320. The molecule has 0 radical (unpaired) electrons. The molecule has 0 fully saturated rings. The Hall–Kier alpha value is -2.19. The number of benzene rings is 2. The van der Waals surface area contributed by atoms with Crippen molar-refractivity contribution >= 4 is 43.3 Å². The molecule has 0 aliphatic rings. The largest absolute Gasteiger partial charge is 0.456 e. The normalized spacial score (nSPS) is 11.2. The lowest BCUT2D eigenvalue weighted by Crippen LogP contribution is -2.22. The van der Waals surface area contributed by atoms with Crippen LogP contribution in [0.25, 0.3) is 0 Å². The molecule has 2 aromatic carbocycles. The van der Waals surface area contributed by atoms with Crippen molar-refractivity contribution in [1.29, 1.82) is 0 Å². The molecule has 8 heteroatoms. The summed E-state index contributed by atoms with van der Waals surface area (Å²) in [5.74, 6) is -1.60. The van der Waals surface area contributed by atoms with Gasteiger partial charge < -0.3 is 10.1 Å². The lowest BCUT2D eigenvalue weighted by atomic mass is 10.1. The molecule has 2 rings (SSSR count). The van der Waals surface area contributed by atoms with Gasteiger partial charge >= 0.3 is 5.97 Å². The van der Waals surface area contributed by atoms with E-state index in [9.17, 15) is 18.0 Å². The summed E-state index contributed by atoms with van der Waals surface area (Å²) in [4.78, 5) is 24.1. The van der Waals surface area contributed by atoms with Crippen LogP contribution in [0.15, 0.2) is 39.7 Å². The van der Waals surface area contributed by atoms with Crippen LogP contribution in [0.4, 0.5) is 5.69 Å². The second-order valence-corrected chi connectivity index (χ2v) is 9.83. The van der Waals surface area contributed by atoms with E-state index in [0.29, 0.717) is 5.69 Å². The molecule has 1 N–H and O–H groups in total. The van der Waals surface area contributed by atoms with E-state index in [0.717, 1.165) is 26.7 Å². The molecule has 156 valence electrons. The molecule has 0 spiro atoms. The maximum absolute atomic E-state index is 12.4. The Bertz CT molecular complexity index is 1050. The highest BCUT2D eigenvalue weighted by atomic mass is 79.9. The van der Waals surface area contributed by atoms with E-state index in [1.807, 2.05) is 33.8 Å². The summed E-state index contributed by atoms with van der Waals surface area (Å²) in [6, 6.07) is 8.42. The highest BCUT2D eigenvalue weighted by molar-refractivity contribution is 9.10. The van der Waals surface area contributed by atoms with Gasteiger partial charge in [-0.25, -0.2) is 8.42 Å². The number of carbonyl (C=O) groups excluding carboxylic acids is 2. The number of hydrogen-bond acceptors (Lipinski definition) is 5. The van der Waals surface area contributed by atoms with E-state index < -0.39 is 28.3 Å². The second kappa shape index (κ2) is 9.54. The first kappa shape index (κ1) is 23.1. The van der Waals surface area contributed by atoms with Crippen molar-refractivity contribution in [1.82, 2.24) is 0 Å². The molecule has 0 saturated carbocycles. The van der Waals surface area contributed by atoms with E-state index in [-0.39, 0.29) is 17.1 Å². The Kier molecular flexibility index (Phi) is 7.60. The summed E-state index contributed by atoms with van der Waals surface area (Å²) in [6.45, 7) is 7.04. The van der Waals surface area contributed by atoms with Gasteiger partial charge in [0.25, 0.3) is 5.91 Å². The lowest BCUT2D eigenvalue weighted by Gasteiger charge is -2.12. The molecule has 0 aliphatic carbocycles. The maximum Gasteiger partial charge on any atom is 0.307 e. The van der Waals surface area contributed by atoms with Crippen LogP contribution in [-0.4, -0.2) is 32.7 Å². The fourth-order valence-corrected chi connectivity index (χ4v) is 4.30. The Morgan fingerprint density at radius 3 is 2.34 bits per heavy atom. The van der Waals surface area contributed by atoms with Crippen LogP contribution in [0.2, 0.25) is 0 Å². The van der Waals surface area contributed by atoms with E-state index in [1.165, 1.54) is 6.07 Å². The topological polar surface area (TPSA) is 89.5 Å². The minimum atomic E-state index is -3.60. The number of carbonyl (C=O) groups is 2. The molecule has 0 unspecified atom stereocenters. The van der Waals surface area contributed by atoms with E-state index in [1.54, 1.807) is 18.2 Å². The number of hydrogen-bond donors (Lipinski definition) is 1. The number of nitrogens with one attached hydrogen (secondary N) is 1. The van der Waals surface area contributed by atoms with Gasteiger partial charge in [-0.3, -0.25) is 9.59 Å². The molecule has 29 heavy (non-hydrogen) atoms. The third kappa shape index (κ3) is 6.14. The molecule has 0 heterocycles. The van der Waals surface area contributed by atoms with Crippen molar-refractivity contribution in [3.05, 3.63) is 57.1 Å². The minimum Gasteiger partial charge on any atom is -0.456 e. The van der Waals surface area contributed by atoms with Gasteiger partial charge in [-0.15, -0.1) is 0 Å². The third-order valence-electron chi connectivity index (χ3n) is 4.77. The summed E-state index contributed by atoms with van der Waals surface area (Å²) >= 11 is 3.42. The standard InChI is InChI=1S/C21H24BrNO5S/c1-13-5-6-17(11-14(13)2)29(26,27)10-9-21(25)28-12-20(24)23-19-8-7-18(22)15(3)16(19)4/h5-8,11H,9-10,12H2,1-4H3,(H,23,24). The molecule has 1 amide bonds. The van der Waals surface area contributed by atoms with Gasteiger partial charge in [0, 0.05) is 10.2 Å². The van der Waals surface area contributed by atoms with Crippen LogP contribution >= 0.6 is 15.9 Å². The monoisotopic (exact) mass is 481 g/mol. The fourth-order valence-electron chi connectivity index (χ4n) is 2.57. The zero-order valence-corrected chi connectivity index (χ0v) is 19.2. The highest BCUT2D eigenvalue weighted by Gasteiger charge is 2.18. The summed E-state index contributed by atoms with van der Waals surface area (Å²) < 4.78 is 30.6. The van der Waals surface area contributed by atoms with E-state index in [4.69, 9.17) is 4.74 Å². The first-order valence-electron chi connectivity index (χ1n) is 9.02. The molecule has 6 nitrogen and oxygen atoms in total. The molecular formula is C21H24BrNO5S. The van der Waals surface area contributed by atoms with Crippen LogP contribution in [0.5, 0.6) is 0 Å². The molecular weight excluding hydrogens is 458 g/mol. The van der Waals surface area contributed by atoms with Crippen LogP contribution in [0.3, 0.4) is 0 Å². The number of rotatable bonds is 7. The van der Waals surface area contributed by atoms with Gasteiger partial charge in [0.2, 0.25) is 0 Å². The molecule has 0 saturated heterocycles. The predicted octanol–water partition coefficient (Wildman–Crippen LogP) is 4.03. The molecule has 0 atom stereocenters. The van der Waals surface area contributed by atoms with Gasteiger partial charge in [0.05, 0.1) is 17.1 Å². The smallest absolute Gasteiger partial charge is 0.307 e. The van der Waals surface area contributed by atoms with Gasteiger partial charge in [-0.2, -0.15) is 0 Å². The Morgan fingerprint density at radius 1 is 1.00 bits per heavy atom. The van der Waals surface area contributed by atoms with Gasteiger partial charge in [-0.05, 0) is 74.2 Å². The zero-order chi connectivity index (χ0) is 21.8. The number of sulfone groups is 1. The summed E-state index contributed by atoms with van der Waals surface area (Å²) in [7, 11) is -3.60. The Labute approximate surface area is 179 Å². The first-order valence-corrected chi connectivity index (χ1v) is 11.5. The first-order chi connectivity index (χ1) is 13.5. The highest BCUT2D eigenvalue weighted by Crippen LogP contribution is 2.25. The summed E-state index contributed by atoms with van der Waals surface area (Å²) in [5, 5.41) is 2.69. The Balaban J connectivity index is 1.87. The van der Waals surface area contributed by atoms with Crippen LogP contribution in [0, 0.1) is 27.7 Å². The van der Waals surface area contributed by atoms with Crippen LogP contribution in [-0.2, 0) is 24.2 Å². The van der Waals surface area contributed by atoms with Crippen molar-refractivity contribution in [2.75, 3.05) is 17.7 Å². The van der Waals surface area contributed by atoms with Crippen LogP contribution < -0.4 is 5.32 Å². The average molecular weight is 482 g/mol. The number of ether oxygens (including phenoxy) is 1. The minimum absolute atomic E-state index is 0.173. The van der Waals surface area contributed by atoms with Crippen molar-refractivity contribution in [2.45, 2.75) is 39.0 Å². The lowest BCUT2D eigenvalue weighted by molar-refractivity contribution is -0.146. The number of anilines is 1. The van der Waals surface area contributed by atoms with Crippen molar-refractivity contribution < 1.29 is 22.7 Å². The van der Waals surface area contributed by atoms with Gasteiger partial charge in [0.1, 0.15) is 0 Å². The SMILES string of the molecule is Cc1ccc(S(=O)(=O)CCC(=O)OCC(=O)Nc2ccc(Br)c(C)c2C)cc1C. The quantitative estimate of drug-likeness (QED) is 0.602. The van der Waals surface area contributed by atoms with E-state index >= 15 is 0 Å². The number of amides is 1. The van der Waals surface area contributed by atoms with E-state index in [2.05, 4.69) is 21.2 Å². The van der Waals surface area contributed by atoms with Gasteiger partial charge in [0.15, 0.2) is 16.4 Å². The third-order valence-corrected chi connectivity index (χ3v) is 7.34. The summed E-state index contributed by atoms with van der Waals surface area (Å²) in [5.41, 5.74) is 4.38.